The number of nitrogens with zero attached hydrogens (tertiary/aromatic N) is 1. The first-order valence-corrected chi connectivity index (χ1v) is 8.15. The van der Waals surface area contributed by atoms with E-state index in [0.29, 0.717) is 33.6 Å². The largest absolute Gasteiger partial charge is 0.506 e. The second kappa shape index (κ2) is 6.44. The summed E-state index contributed by atoms with van der Waals surface area (Å²) >= 11 is 17.0. The number of halogens is 2. The minimum absolute atomic E-state index is 0.0614. The number of benzene rings is 1. The molecule has 1 fully saturated rings. The fourth-order valence-electron chi connectivity index (χ4n) is 2.99. The highest BCUT2D eigenvalue weighted by Gasteiger charge is 2.35. The van der Waals surface area contributed by atoms with Crippen molar-refractivity contribution in [3.8, 4) is 5.75 Å². The molecule has 0 radical (unpaired) electrons. The first-order valence-electron chi connectivity index (χ1n) is 6.99. The molecule has 1 aromatic carbocycles. The molecular formula is C15H15Cl2N3OS. The summed E-state index contributed by atoms with van der Waals surface area (Å²) in [6, 6.07) is 3.42. The highest BCUT2D eigenvalue weighted by atomic mass is 35.5. The molecule has 2 aliphatic rings. The molecule has 0 heterocycles. The summed E-state index contributed by atoms with van der Waals surface area (Å²) < 4.78 is 0. The van der Waals surface area contributed by atoms with Crippen LogP contribution in [0.5, 0.6) is 5.75 Å². The maximum absolute atomic E-state index is 9.82. The van der Waals surface area contributed by atoms with Gasteiger partial charge in [-0.15, -0.1) is 0 Å². The van der Waals surface area contributed by atoms with Crippen molar-refractivity contribution in [2.75, 3.05) is 0 Å². The Balaban J connectivity index is 1.56. The predicted molar refractivity (Wildman–Crippen MR) is 93.7 cm³/mol. The van der Waals surface area contributed by atoms with Crippen molar-refractivity contribution in [1.82, 2.24) is 10.7 Å². The van der Waals surface area contributed by atoms with E-state index >= 15 is 0 Å². The van der Waals surface area contributed by atoms with Crippen LogP contribution in [-0.4, -0.2) is 22.5 Å². The van der Waals surface area contributed by atoms with E-state index in [2.05, 4.69) is 28.0 Å². The van der Waals surface area contributed by atoms with Gasteiger partial charge in [0.05, 0.1) is 11.2 Å². The predicted octanol–water partition coefficient (Wildman–Crippen LogP) is 3.46. The van der Waals surface area contributed by atoms with Gasteiger partial charge in [-0.05, 0) is 49.0 Å². The quantitative estimate of drug-likeness (QED) is 0.336. The van der Waals surface area contributed by atoms with E-state index in [0.717, 1.165) is 6.42 Å². The zero-order valence-electron chi connectivity index (χ0n) is 11.6. The van der Waals surface area contributed by atoms with Gasteiger partial charge in [0, 0.05) is 16.6 Å². The van der Waals surface area contributed by atoms with Crippen molar-refractivity contribution >= 4 is 46.7 Å². The van der Waals surface area contributed by atoms with Crippen LogP contribution < -0.4 is 10.7 Å². The zero-order chi connectivity index (χ0) is 15.7. The van der Waals surface area contributed by atoms with Crippen molar-refractivity contribution in [1.29, 1.82) is 0 Å². The molecule has 0 aromatic heterocycles. The summed E-state index contributed by atoms with van der Waals surface area (Å²) in [6.07, 6.45) is 8.28. The molecule has 3 rings (SSSR count). The number of hydrogen-bond acceptors (Lipinski definition) is 3. The first kappa shape index (κ1) is 15.6. The third-order valence-corrected chi connectivity index (χ3v) is 4.74. The number of nitrogens with one attached hydrogen (secondary N) is 2. The second-order valence-corrected chi connectivity index (χ2v) is 6.81. The van der Waals surface area contributed by atoms with E-state index in [-0.39, 0.29) is 10.8 Å². The van der Waals surface area contributed by atoms with Crippen LogP contribution in [0.2, 0.25) is 10.0 Å². The summed E-state index contributed by atoms with van der Waals surface area (Å²) in [6.45, 7) is 0. The first-order chi connectivity index (χ1) is 10.5. The van der Waals surface area contributed by atoms with Crippen LogP contribution in [0.4, 0.5) is 0 Å². The summed E-state index contributed by atoms with van der Waals surface area (Å²) in [5.41, 5.74) is 3.18. The van der Waals surface area contributed by atoms with Gasteiger partial charge in [-0.25, -0.2) is 0 Å². The van der Waals surface area contributed by atoms with Crippen molar-refractivity contribution in [3.63, 3.8) is 0 Å². The van der Waals surface area contributed by atoms with Gasteiger partial charge in [0.1, 0.15) is 5.75 Å². The molecule has 2 aliphatic carbocycles. The summed E-state index contributed by atoms with van der Waals surface area (Å²) in [7, 11) is 0. The molecule has 3 N–H and O–H groups in total. The monoisotopic (exact) mass is 355 g/mol. The highest BCUT2D eigenvalue weighted by Crippen LogP contribution is 2.38. The van der Waals surface area contributed by atoms with Gasteiger partial charge in [0.2, 0.25) is 0 Å². The summed E-state index contributed by atoms with van der Waals surface area (Å²) in [5.74, 6) is 1.18. The van der Waals surface area contributed by atoms with Crippen LogP contribution in [0.3, 0.4) is 0 Å². The molecule has 4 nitrogen and oxygen atoms in total. The molecule has 0 aliphatic heterocycles. The number of hydrazone groups is 1. The van der Waals surface area contributed by atoms with Crippen LogP contribution in [0.15, 0.2) is 29.4 Å². The number of phenolic OH excluding ortho intramolecular Hbond substituents is 1. The van der Waals surface area contributed by atoms with E-state index in [1.807, 2.05) is 0 Å². The molecule has 22 heavy (non-hydrogen) atoms. The number of thiocarbonyl (C=S) groups is 1. The molecule has 0 saturated heterocycles. The van der Waals surface area contributed by atoms with Crippen LogP contribution in [0.25, 0.3) is 0 Å². The number of aromatic hydroxyl groups is 1. The normalized spacial score (nSPS) is 25.8. The van der Waals surface area contributed by atoms with Gasteiger partial charge in [0.25, 0.3) is 0 Å². The zero-order valence-corrected chi connectivity index (χ0v) is 13.9. The summed E-state index contributed by atoms with van der Waals surface area (Å²) in [4.78, 5) is 0. The topological polar surface area (TPSA) is 56.7 Å². The van der Waals surface area contributed by atoms with E-state index in [4.69, 9.17) is 35.4 Å². The molecule has 0 unspecified atom stereocenters. The van der Waals surface area contributed by atoms with E-state index in [1.165, 1.54) is 18.7 Å². The standard InChI is InChI=1S/C15H15Cl2N3OS/c16-11-5-10(14(21)12(17)6-11)7-18-20-15(22)19-13-4-8-1-2-9(13)3-8/h1-2,5-9,13,21H,3-4H2,(H2,19,20,22)/b18-7+/t8-,9+,13+/m0/s1. The number of phenols is 1. The Morgan fingerprint density at radius 2 is 2.14 bits per heavy atom. The molecule has 1 saturated carbocycles. The van der Waals surface area contributed by atoms with E-state index in [9.17, 15) is 5.11 Å². The third kappa shape index (κ3) is 3.37. The summed E-state index contributed by atoms with van der Waals surface area (Å²) in [5, 5.41) is 18.2. The number of rotatable bonds is 3. The fourth-order valence-corrected chi connectivity index (χ4v) is 3.71. The maximum atomic E-state index is 9.82. The minimum atomic E-state index is -0.0614. The molecular weight excluding hydrogens is 341 g/mol. The van der Waals surface area contributed by atoms with Crippen LogP contribution in [0.1, 0.15) is 18.4 Å². The van der Waals surface area contributed by atoms with Crippen LogP contribution in [-0.2, 0) is 0 Å². The van der Waals surface area contributed by atoms with Gasteiger partial charge in [0.15, 0.2) is 5.11 Å². The lowest BCUT2D eigenvalue weighted by molar-refractivity contribution is 0.474. The van der Waals surface area contributed by atoms with Gasteiger partial charge >= 0.3 is 0 Å². The lowest BCUT2D eigenvalue weighted by Gasteiger charge is -2.20. The Morgan fingerprint density at radius 3 is 2.82 bits per heavy atom. The van der Waals surface area contributed by atoms with Gasteiger partial charge in [-0.2, -0.15) is 5.10 Å². The molecule has 3 atom stereocenters. The molecule has 116 valence electrons. The van der Waals surface area contributed by atoms with Crippen molar-refractivity contribution in [2.45, 2.75) is 18.9 Å². The van der Waals surface area contributed by atoms with E-state index in [1.54, 1.807) is 6.07 Å². The van der Waals surface area contributed by atoms with Crippen LogP contribution >= 0.6 is 35.4 Å². The Morgan fingerprint density at radius 1 is 1.32 bits per heavy atom. The lowest BCUT2D eigenvalue weighted by Crippen LogP contribution is -2.42. The van der Waals surface area contributed by atoms with Crippen molar-refractivity contribution < 1.29 is 5.11 Å². The number of allylic oxidation sites excluding steroid dienone is 1. The average molecular weight is 356 g/mol. The number of fused-ring (bicyclic) bond motifs is 2. The molecule has 2 bridgehead atoms. The second-order valence-electron chi connectivity index (χ2n) is 5.56. The highest BCUT2D eigenvalue weighted by molar-refractivity contribution is 7.80. The average Bonchev–Trinajstić information content (AvgIpc) is 3.06. The Hall–Kier alpha value is -1.30. The third-order valence-electron chi connectivity index (χ3n) is 4.02. The smallest absolute Gasteiger partial charge is 0.187 e. The SMILES string of the molecule is Oc1c(Cl)cc(Cl)cc1/C=N/NC(=S)N[C@@H]1C[C@H]2C=C[C@@H]1C2. The van der Waals surface area contributed by atoms with Crippen molar-refractivity contribution in [3.05, 3.63) is 39.9 Å². The van der Waals surface area contributed by atoms with Gasteiger partial charge < -0.3 is 10.4 Å². The Bertz CT molecular complexity index is 662. The van der Waals surface area contributed by atoms with Crippen LogP contribution in [0, 0.1) is 11.8 Å². The minimum Gasteiger partial charge on any atom is -0.506 e. The van der Waals surface area contributed by atoms with Gasteiger partial charge in [-0.1, -0.05) is 35.4 Å². The van der Waals surface area contributed by atoms with E-state index < -0.39 is 0 Å². The lowest BCUT2D eigenvalue weighted by atomic mass is 10.0. The van der Waals surface area contributed by atoms with Crippen molar-refractivity contribution in [2.24, 2.45) is 16.9 Å². The molecule has 0 amide bonds. The van der Waals surface area contributed by atoms with Gasteiger partial charge in [-0.3, -0.25) is 5.43 Å². The molecule has 7 heteroatoms. The Labute approximate surface area is 144 Å². The molecule has 0 spiro atoms. The number of hydrogen-bond donors (Lipinski definition) is 3. The fraction of sp³-hybridized carbons (Fsp3) is 0.333. The molecule has 1 aromatic rings. The maximum Gasteiger partial charge on any atom is 0.187 e. The Kier molecular flexibility index (Phi) is 4.57.